The van der Waals surface area contributed by atoms with Crippen LogP contribution >= 0.6 is 0 Å². The van der Waals surface area contributed by atoms with Crippen molar-refractivity contribution in [3.05, 3.63) is 210 Å². The van der Waals surface area contributed by atoms with Crippen molar-refractivity contribution < 1.29 is 9.84 Å². The molecule has 2 atom stereocenters. The summed E-state index contributed by atoms with van der Waals surface area (Å²) in [6.07, 6.45) is 11.2. The second-order valence-electron chi connectivity index (χ2n) is 13.0. The lowest BCUT2D eigenvalue weighted by Gasteiger charge is -2.26. The first-order valence-electron chi connectivity index (χ1n) is 17.6. The quantitative estimate of drug-likeness (QED) is 0.162. The van der Waals surface area contributed by atoms with Gasteiger partial charge in [-0.05, 0) is 82.6 Å². The number of aliphatic hydroxyl groups excluding tert-OH is 1. The molecule has 0 saturated carbocycles. The molecule has 6 aromatic rings. The van der Waals surface area contributed by atoms with Crippen LogP contribution in [0, 0.1) is 0 Å². The fourth-order valence-corrected chi connectivity index (χ4v) is 7.16. The Hall–Kier alpha value is -6.16. The smallest absolute Gasteiger partial charge is 0.135 e. The lowest BCUT2D eigenvalue weighted by molar-refractivity contribution is 0.204. The van der Waals surface area contributed by atoms with Crippen molar-refractivity contribution in [2.24, 2.45) is 0 Å². The molecule has 0 aliphatic heterocycles. The summed E-state index contributed by atoms with van der Waals surface area (Å²) in [5.41, 5.74) is 12.4. The molecule has 0 saturated heterocycles. The highest BCUT2D eigenvalue weighted by molar-refractivity contribution is 5.94. The van der Waals surface area contributed by atoms with Crippen molar-refractivity contribution in [2.45, 2.75) is 24.9 Å². The predicted molar refractivity (Wildman–Crippen MR) is 211 cm³/mol. The lowest BCUT2D eigenvalue weighted by atomic mass is 9.84. The standard InChI is InChI=1S/C48H39NO2/c50-45-27-12-10-24-41(45)42-25-11-13-28-46(42)51-47-29-15-26-40(48(47)38-21-14-20-36(32-38)34-16-4-1-5-17-34)37-30-31-44(49-39-22-8-3-9-23-39)43(33-37)35-18-6-2-7-19-35/h1-29,32-33,41,45,49-50H,30-31H2. The Morgan fingerprint density at radius 3 is 1.96 bits per heavy atom. The van der Waals surface area contributed by atoms with Gasteiger partial charge in [-0.2, -0.15) is 0 Å². The molecule has 3 heteroatoms. The fraction of sp³-hybridized carbons (Fsp3) is 0.0833. The molecule has 0 bridgehead atoms. The summed E-state index contributed by atoms with van der Waals surface area (Å²) < 4.78 is 6.96. The van der Waals surface area contributed by atoms with Crippen LogP contribution in [-0.4, -0.2) is 11.2 Å². The van der Waals surface area contributed by atoms with E-state index in [1.807, 2.05) is 54.6 Å². The SMILES string of the molecule is OC1C=CC=CC1c1ccccc1Oc1cccc(C2=CC(c3ccccc3)=C(Nc3ccccc3)CC2)c1-c1cccc(-c2ccccc2)c1. The van der Waals surface area contributed by atoms with Gasteiger partial charge < -0.3 is 15.2 Å². The second kappa shape index (κ2) is 14.8. The number of anilines is 1. The Balaban J connectivity index is 1.28. The second-order valence-corrected chi connectivity index (χ2v) is 13.0. The first kappa shape index (κ1) is 32.1. The van der Waals surface area contributed by atoms with Crippen LogP contribution in [0.4, 0.5) is 5.69 Å². The van der Waals surface area contributed by atoms with E-state index in [0.717, 1.165) is 57.8 Å². The van der Waals surface area contributed by atoms with Crippen molar-refractivity contribution >= 4 is 16.8 Å². The molecule has 0 heterocycles. The Bertz CT molecular complexity index is 2270. The maximum atomic E-state index is 10.9. The van der Waals surface area contributed by atoms with Crippen molar-refractivity contribution in [1.82, 2.24) is 0 Å². The number of hydrogen-bond donors (Lipinski definition) is 2. The predicted octanol–water partition coefficient (Wildman–Crippen LogP) is 12.1. The Kier molecular flexibility index (Phi) is 9.28. The van der Waals surface area contributed by atoms with E-state index in [9.17, 15) is 5.11 Å². The van der Waals surface area contributed by atoms with Gasteiger partial charge in [0.15, 0.2) is 0 Å². The number of hydrogen-bond acceptors (Lipinski definition) is 3. The molecule has 0 fully saturated rings. The Morgan fingerprint density at radius 1 is 0.549 bits per heavy atom. The van der Waals surface area contributed by atoms with Crippen LogP contribution in [0.2, 0.25) is 0 Å². The third kappa shape index (κ3) is 6.98. The van der Waals surface area contributed by atoms with Crippen LogP contribution in [0.3, 0.4) is 0 Å². The number of benzene rings is 6. The van der Waals surface area contributed by atoms with Crippen LogP contribution in [0.1, 0.15) is 35.4 Å². The van der Waals surface area contributed by atoms with Crippen LogP contribution in [0.5, 0.6) is 11.5 Å². The monoisotopic (exact) mass is 661 g/mol. The largest absolute Gasteiger partial charge is 0.456 e. The zero-order valence-electron chi connectivity index (χ0n) is 28.3. The van der Waals surface area contributed by atoms with E-state index in [1.165, 1.54) is 28.0 Å². The molecule has 2 N–H and O–H groups in total. The van der Waals surface area contributed by atoms with Gasteiger partial charge in [0.25, 0.3) is 0 Å². The highest BCUT2D eigenvalue weighted by Gasteiger charge is 2.25. The first-order valence-corrected chi connectivity index (χ1v) is 17.6. The molecule has 8 rings (SSSR count). The number of allylic oxidation sites excluding steroid dienone is 6. The van der Waals surface area contributed by atoms with Crippen LogP contribution in [0.25, 0.3) is 33.4 Å². The number of ether oxygens (including phenoxy) is 1. The van der Waals surface area contributed by atoms with Gasteiger partial charge in [0.1, 0.15) is 11.5 Å². The fourth-order valence-electron chi connectivity index (χ4n) is 7.16. The van der Waals surface area contributed by atoms with Crippen molar-refractivity contribution in [3.8, 4) is 33.8 Å². The zero-order valence-corrected chi connectivity index (χ0v) is 28.3. The molecule has 0 amide bonds. The van der Waals surface area contributed by atoms with E-state index in [4.69, 9.17) is 4.74 Å². The number of aliphatic hydroxyl groups is 1. The van der Waals surface area contributed by atoms with E-state index in [0.29, 0.717) is 0 Å². The third-order valence-electron chi connectivity index (χ3n) is 9.68. The molecule has 0 spiro atoms. The molecule has 0 aromatic heterocycles. The minimum Gasteiger partial charge on any atom is -0.456 e. The van der Waals surface area contributed by atoms with Gasteiger partial charge in [0.2, 0.25) is 0 Å². The van der Waals surface area contributed by atoms with E-state index < -0.39 is 6.10 Å². The zero-order chi connectivity index (χ0) is 34.4. The summed E-state index contributed by atoms with van der Waals surface area (Å²) in [7, 11) is 0. The average molecular weight is 662 g/mol. The first-order chi connectivity index (χ1) is 25.2. The summed E-state index contributed by atoms with van der Waals surface area (Å²) in [5.74, 6) is 1.31. The highest BCUT2D eigenvalue weighted by Crippen LogP contribution is 2.45. The summed E-state index contributed by atoms with van der Waals surface area (Å²) in [6, 6.07) is 54.8. The maximum Gasteiger partial charge on any atom is 0.135 e. The molecule has 2 aliphatic rings. The van der Waals surface area contributed by atoms with Gasteiger partial charge in [-0.15, -0.1) is 0 Å². The van der Waals surface area contributed by atoms with E-state index >= 15 is 0 Å². The highest BCUT2D eigenvalue weighted by atomic mass is 16.5. The molecule has 2 unspecified atom stereocenters. The molecular weight excluding hydrogens is 623 g/mol. The molecule has 51 heavy (non-hydrogen) atoms. The van der Waals surface area contributed by atoms with Crippen molar-refractivity contribution in [2.75, 3.05) is 5.32 Å². The lowest BCUT2D eigenvalue weighted by Crippen LogP contribution is -2.16. The molecule has 0 radical (unpaired) electrons. The van der Waals surface area contributed by atoms with Gasteiger partial charge in [-0.1, -0.05) is 152 Å². The third-order valence-corrected chi connectivity index (χ3v) is 9.68. The summed E-state index contributed by atoms with van der Waals surface area (Å²) >= 11 is 0. The number of nitrogens with one attached hydrogen (secondary N) is 1. The van der Waals surface area contributed by atoms with Gasteiger partial charge in [-0.25, -0.2) is 0 Å². The topological polar surface area (TPSA) is 41.5 Å². The normalized spacial score (nSPS) is 16.8. The Labute approximate surface area is 300 Å². The number of rotatable bonds is 9. The van der Waals surface area contributed by atoms with E-state index in [2.05, 4.69) is 139 Å². The van der Waals surface area contributed by atoms with E-state index in [1.54, 1.807) is 0 Å². The summed E-state index contributed by atoms with van der Waals surface area (Å²) in [5, 5.41) is 14.7. The maximum absolute atomic E-state index is 10.9. The molecule has 3 nitrogen and oxygen atoms in total. The molecule has 2 aliphatic carbocycles. The molecule has 248 valence electrons. The summed E-state index contributed by atoms with van der Waals surface area (Å²) in [6.45, 7) is 0. The van der Waals surface area contributed by atoms with Crippen LogP contribution in [-0.2, 0) is 0 Å². The van der Waals surface area contributed by atoms with Crippen molar-refractivity contribution in [1.29, 1.82) is 0 Å². The summed E-state index contributed by atoms with van der Waals surface area (Å²) in [4.78, 5) is 0. The Morgan fingerprint density at radius 2 is 1.18 bits per heavy atom. The van der Waals surface area contributed by atoms with E-state index in [-0.39, 0.29) is 5.92 Å². The van der Waals surface area contributed by atoms with Crippen molar-refractivity contribution in [3.63, 3.8) is 0 Å². The van der Waals surface area contributed by atoms with Gasteiger partial charge in [0.05, 0.1) is 6.10 Å². The van der Waals surface area contributed by atoms with Gasteiger partial charge in [-0.3, -0.25) is 0 Å². The van der Waals surface area contributed by atoms with Gasteiger partial charge in [0, 0.05) is 34.0 Å². The van der Waals surface area contributed by atoms with Gasteiger partial charge >= 0.3 is 0 Å². The van der Waals surface area contributed by atoms with Crippen LogP contribution in [0.15, 0.2) is 194 Å². The minimum atomic E-state index is -0.623. The average Bonchev–Trinajstić information content (AvgIpc) is 3.20. The molecular formula is C48H39NO2. The van der Waals surface area contributed by atoms with Crippen LogP contribution < -0.4 is 10.1 Å². The number of para-hydroxylation sites is 2. The minimum absolute atomic E-state index is 0.200. The molecule has 6 aromatic carbocycles.